The highest BCUT2D eigenvalue weighted by Crippen LogP contribution is 2.12. The van der Waals surface area contributed by atoms with Crippen molar-refractivity contribution in [3.63, 3.8) is 0 Å². The van der Waals surface area contributed by atoms with E-state index < -0.39 is 10.7 Å². The molecule has 1 aliphatic rings. The molecule has 1 aliphatic heterocycles. The van der Waals surface area contributed by atoms with Crippen LogP contribution in [-0.2, 0) is 6.54 Å². The first-order chi connectivity index (χ1) is 12.0. The van der Waals surface area contributed by atoms with Crippen molar-refractivity contribution in [1.82, 2.24) is 4.90 Å². The van der Waals surface area contributed by atoms with Crippen molar-refractivity contribution in [2.45, 2.75) is 6.54 Å². The number of carbonyl (C=O) groups is 1. The maximum Gasteiger partial charge on any atom is 0.269 e. The van der Waals surface area contributed by atoms with Crippen LogP contribution in [-0.4, -0.2) is 41.9 Å². The van der Waals surface area contributed by atoms with Gasteiger partial charge in [-0.25, -0.2) is 4.39 Å². The lowest BCUT2D eigenvalue weighted by Crippen LogP contribution is -3.13. The number of nitrogens with one attached hydrogen (secondary N) is 1. The van der Waals surface area contributed by atoms with E-state index in [9.17, 15) is 19.3 Å². The lowest BCUT2D eigenvalue weighted by Gasteiger charge is -2.32. The van der Waals surface area contributed by atoms with Crippen LogP contribution in [0, 0.1) is 15.9 Å². The van der Waals surface area contributed by atoms with Crippen molar-refractivity contribution < 1.29 is 19.0 Å². The first-order valence-corrected chi connectivity index (χ1v) is 8.14. The van der Waals surface area contributed by atoms with Crippen molar-refractivity contribution >= 4 is 11.6 Å². The molecule has 1 fully saturated rings. The number of amides is 1. The average Bonchev–Trinajstić information content (AvgIpc) is 2.62. The number of hydrogen-bond acceptors (Lipinski definition) is 3. The van der Waals surface area contributed by atoms with Gasteiger partial charge in [-0.2, -0.15) is 0 Å². The maximum atomic E-state index is 13.3. The Kier molecular flexibility index (Phi) is 5.04. The number of quaternary nitrogens is 1. The molecule has 1 saturated heterocycles. The molecule has 0 bridgehead atoms. The van der Waals surface area contributed by atoms with Gasteiger partial charge in [0.1, 0.15) is 12.4 Å². The van der Waals surface area contributed by atoms with Gasteiger partial charge in [-0.1, -0.05) is 18.2 Å². The highest BCUT2D eigenvalue weighted by Gasteiger charge is 2.25. The monoisotopic (exact) mass is 344 g/mol. The van der Waals surface area contributed by atoms with E-state index >= 15 is 0 Å². The number of halogens is 1. The summed E-state index contributed by atoms with van der Waals surface area (Å²) < 4.78 is 13.3. The predicted molar refractivity (Wildman–Crippen MR) is 89.8 cm³/mol. The fourth-order valence-electron chi connectivity index (χ4n) is 3.08. The first kappa shape index (κ1) is 17.0. The zero-order valence-electron chi connectivity index (χ0n) is 13.7. The molecule has 0 aliphatic carbocycles. The van der Waals surface area contributed by atoms with E-state index in [1.807, 2.05) is 6.07 Å². The van der Waals surface area contributed by atoms with E-state index in [1.165, 1.54) is 29.2 Å². The number of hydrogen-bond donors (Lipinski definition) is 1. The second-order valence-electron chi connectivity index (χ2n) is 6.16. The minimum atomic E-state index is -0.416. The molecular weight excluding hydrogens is 325 g/mol. The Labute approximate surface area is 144 Å². The standard InChI is InChI=1S/C18H18FN3O3/c19-16-5-2-4-15(12-16)18(23)21-9-7-20(8-10-21)13-14-3-1-6-17(11-14)22(24)25/h1-6,11-12H,7-10,13H2/p+1. The largest absolute Gasteiger partial charge is 0.328 e. The molecule has 0 saturated carbocycles. The molecule has 25 heavy (non-hydrogen) atoms. The molecule has 0 aromatic heterocycles. The molecule has 6 nitrogen and oxygen atoms in total. The summed E-state index contributed by atoms with van der Waals surface area (Å²) in [5.41, 5.74) is 1.37. The smallest absolute Gasteiger partial charge is 0.269 e. The molecule has 1 amide bonds. The lowest BCUT2D eigenvalue weighted by atomic mass is 10.1. The molecule has 130 valence electrons. The fraction of sp³-hybridized carbons (Fsp3) is 0.278. The molecule has 7 heteroatoms. The lowest BCUT2D eigenvalue weighted by molar-refractivity contribution is -0.917. The van der Waals surface area contributed by atoms with E-state index in [4.69, 9.17) is 0 Å². The van der Waals surface area contributed by atoms with Gasteiger partial charge in [0.05, 0.1) is 31.1 Å². The molecule has 0 spiro atoms. The quantitative estimate of drug-likeness (QED) is 0.671. The molecule has 2 aromatic rings. The van der Waals surface area contributed by atoms with Gasteiger partial charge in [0.2, 0.25) is 0 Å². The van der Waals surface area contributed by atoms with Gasteiger partial charge >= 0.3 is 0 Å². The number of nitro benzene ring substituents is 1. The third kappa shape index (κ3) is 4.19. The van der Waals surface area contributed by atoms with Gasteiger partial charge in [-0.15, -0.1) is 0 Å². The van der Waals surface area contributed by atoms with Crippen LogP contribution < -0.4 is 4.90 Å². The van der Waals surface area contributed by atoms with E-state index in [-0.39, 0.29) is 11.6 Å². The van der Waals surface area contributed by atoms with Gasteiger partial charge in [-0.05, 0) is 18.2 Å². The van der Waals surface area contributed by atoms with Gasteiger partial charge in [-0.3, -0.25) is 14.9 Å². The summed E-state index contributed by atoms with van der Waals surface area (Å²) in [6, 6.07) is 12.4. The van der Waals surface area contributed by atoms with Gasteiger partial charge in [0.25, 0.3) is 11.6 Å². The Balaban J connectivity index is 1.58. The summed E-state index contributed by atoms with van der Waals surface area (Å²) >= 11 is 0. The van der Waals surface area contributed by atoms with E-state index in [0.717, 1.165) is 18.7 Å². The van der Waals surface area contributed by atoms with Crippen LogP contribution in [0.3, 0.4) is 0 Å². The van der Waals surface area contributed by atoms with Gasteiger partial charge < -0.3 is 9.80 Å². The molecule has 2 aromatic carbocycles. The summed E-state index contributed by atoms with van der Waals surface area (Å²) in [5.74, 6) is -0.574. The third-order valence-corrected chi connectivity index (χ3v) is 4.40. The molecule has 0 atom stereocenters. The predicted octanol–water partition coefficient (Wildman–Crippen LogP) is 1.27. The summed E-state index contributed by atoms with van der Waals surface area (Å²) in [6.45, 7) is 3.36. The summed E-state index contributed by atoms with van der Waals surface area (Å²) in [5, 5.41) is 10.8. The van der Waals surface area contributed by atoms with Crippen LogP contribution >= 0.6 is 0 Å². The molecule has 3 rings (SSSR count). The summed E-state index contributed by atoms with van der Waals surface area (Å²) in [6.07, 6.45) is 0. The van der Waals surface area contributed by atoms with Gasteiger partial charge in [0, 0.05) is 23.3 Å². The van der Waals surface area contributed by atoms with E-state index in [0.29, 0.717) is 25.2 Å². The van der Waals surface area contributed by atoms with Crippen LogP contribution in [0.5, 0.6) is 0 Å². The van der Waals surface area contributed by atoms with Crippen molar-refractivity contribution in [3.8, 4) is 0 Å². The normalized spacial score (nSPS) is 15.2. The van der Waals surface area contributed by atoms with Crippen molar-refractivity contribution in [1.29, 1.82) is 0 Å². The molecule has 1 N–H and O–H groups in total. The first-order valence-electron chi connectivity index (χ1n) is 8.14. The van der Waals surface area contributed by atoms with E-state index in [1.54, 1.807) is 23.1 Å². The number of rotatable bonds is 4. The van der Waals surface area contributed by atoms with Crippen molar-refractivity contribution in [2.24, 2.45) is 0 Å². The number of non-ortho nitro benzene ring substituents is 1. The Morgan fingerprint density at radius 2 is 1.88 bits per heavy atom. The Morgan fingerprint density at radius 1 is 1.16 bits per heavy atom. The van der Waals surface area contributed by atoms with Crippen LogP contribution in [0.25, 0.3) is 0 Å². The Hall–Kier alpha value is -2.80. The van der Waals surface area contributed by atoms with Crippen LogP contribution in [0.1, 0.15) is 15.9 Å². The van der Waals surface area contributed by atoms with Crippen LogP contribution in [0.15, 0.2) is 48.5 Å². The summed E-state index contributed by atoms with van der Waals surface area (Å²) in [4.78, 5) is 25.9. The highest BCUT2D eigenvalue weighted by atomic mass is 19.1. The number of nitrogens with zero attached hydrogens (tertiary/aromatic N) is 2. The summed E-state index contributed by atoms with van der Waals surface area (Å²) in [7, 11) is 0. The number of nitro groups is 1. The fourth-order valence-corrected chi connectivity index (χ4v) is 3.08. The third-order valence-electron chi connectivity index (χ3n) is 4.40. The second kappa shape index (κ2) is 7.40. The maximum absolute atomic E-state index is 13.3. The zero-order valence-corrected chi connectivity index (χ0v) is 13.7. The minimum Gasteiger partial charge on any atom is -0.328 e. The average molecular weight is 344 g/mol. The number of carbonyl (C=O) groups excluding carboxylic acids is 1. The molecular formula is C18H19FN3O3+. The van der Waals surface area contributed by atoms with Crippen LogP contribution in [0.2, 0.25) is 0 Å². The van der Waals surface area contributed by atoms with E-state index in [2.05, 4.69) is 0 Å². The molecule has 1 heterocycles. The Bertz CT molecular complexity index is 789. The molecule has 0 radical (unpaired) electrons. The molecule has 0 unspecified atom stereocenters. The van der Waals surface area contributed by atoms with Crippen molar-refractivity contribution in [2.75, 3.05) is 26.2 Å². The van der Waals surface area contributed by atoms with Crippen LogP contribution in [0.4, 0.5) is 10.1 Å². The Morgan fingerprint density at radius 3 is 2.56 bits per heavy atom. The van der Waals surface area contributed by atoms with Gasteiger partial charge in [0.15, 0.2) is 0 Å². The zero-order chi connectivity index (χ0) is 17.8. The SMILES string of the molecule is O=C(c1cccc(F)c1)N1CC[NH+](Cc2cccc([N+](=O)[O-])c2)CC1. The van der Waals surface area contributed by atoms with Crippen molar-refractivity contribution in [3.05, 3.63) is 75.6 Å². The minimum absolute atomic E-state index is 0.0943. The second-order valence-corrected chi connectivity index (χ2v) is 6.16. The highest BCUT2D eigenvalue weighted by molar-refractivity contribution is 5.94. The topological polar surface area (TPSA) is 67.9 Å². The number of piperazine rings is 1. The number of benzene rings is 2.